The van der Waals surface area contributed by atoms with Crippen LogP contribution in [0.25, 0.3) is 39.3 Å². The van der Waals surface area contributed by atoms with Crippen molar-refractivity contribution in [1.82, 2.24) is 55.1 Å². The first-order valence-electron chi connectivity index (χ1n) is 29.5. The van der Waals surface area contributed by atoms with E-state index in [2.05, 4.69) is 46.5 Å². The maximum atomic E-state index is 13.7. The van der Waals surface area contributed by atoms with Crippen molar-refractivity contribution >= 4 is 75.0 Å². The van der Waals surface area contributed by atoms with Crippen LogP contribution in [0.3, 0.4) is 0 Å². The number of halogens is 1. The van der Waals surface area contributed by atoms with Crippen LogP contribution in [0.1, 0.15) is 110 Å². The zero-order valence-corrected chi connectivity index (χ0v) is 53.3. The molecule has 0 radical (unpaired) electrons. The van der Waals surface area contributed by atoms with Gasteiger partial charge in [0.2, 0.25) is 29.5 Å². The third kappa shape index (κ3) is 15.2. The van der Waals surface area contributed by atoms with Gasteiger partial charge in [-0.3, -0.25) is 33.8 Å². The summed E-state index contributed by atoms with van der Waals surface area (Å²) < 4.78 is 15.3. The summed E-state index contributed by atoms with van der Waals surface area (Å²) in [6, 6.07) is 21.5. The summed E-state index contributed by atoms with van der Waals surface area (Å²) >= 11 is 3.44. The van der Waals surface area contributed by atoms with Crippen molar-refractivity contribution in [2.75, 3.05) is 54.3 Å². The summed E-state index contributed by atoms with van der Waals surface area (Å²) in [5.41, 5.74) is 8.19. The Morgan fingerprint density at radius 2 is 1.03 bits per heavy atom. The highest BCUT2D eigenvalue weighted by Gasteiger charge is 2.44. The number of imidazole rings is 2. The number of carbonyl (C=O) groups excluding carboxylic acids is 8. The molecule has 0 aliphatic carbocycles. The summed E-state index contributed by atoms with van der Waals surface area (Å²) in [6.07, 6.45) is 6.44. The smallest absolute Gasteiger partial charge is 0.407 e. The fourth-order valence-corrected chi connectivity index (χ4v) is 11.6. The highest BCUT2D eigenvalue weighted by Crippen LogP contribution is 2.36. The quantitative estimate of drug-likeness (QED) is 0.0501. The van der Waals surface area contributed by atoms with Crippen LogP contribution in [0.5, 0.6) is 0 Å². The Kier molecular flexibility index (Phi) is 21.4. The summed E-state index contributed by atoms with van der Waals surface area (Å²) in [5.74, 6) is -0.952. The average Bonchev–Trinajstić information content (AvgIpc) is 2.75. The number of hydrogen-bond donors (Lipinski definition) is 4. The van der Waals surface area contributed by atoms with Crippen molar-refractivity contribution < 1.29 is 52.6 Å². The Balaban J connectivity index is 0.000000272. The highest BCUT2D eigenvalue weighted by atomic mass is 79.9. The number of benzene rings is 3. The number of nitrogens with one attached hydrogen (secondary N) is 4. The molecule has 6 heterocycles. The van der Waals surface area contributed by atoms with E-state index in [-0.39, 0.29) is 85.7 Å². The fourth-order valence-electron chi connectivity index (χ4n) is 11.3. The second-order valence-electron chi connectivity index (χ2n) is 23.4. The maximum Gasteiger partial charge on any atom is 0.407 e. The first-order valence-corrected chi connectivity index (χ1v) is 30.3. The molecule has 2 aromatic heterocycles. The molecule has 4 N–H and O–H groups in total. The lowest BCUT2D eigenvalue weighted by Gasteiger charge is -2.30. The summed E-state index contributed by atoms with van der Waals surface area (Å²) in [7, 11) is 3.85. The zero-order valence-electron chi connectivity index (χ0n) is 51.7. The minimum Gasteiger partial charge on any atom is -0.469 e. The van der Waals surface area contributed by atoms with Crippen molar-refractivity contribution in [3.8, 4) is 33.6 Å². The van der Waals surface area contributed by atoms with E-state index in [1.165, 1.54) is 35.2 Å². The second-order valence-corrected chi connectivity index (χ2v) is 24.3. The molecule has 3 aromatic carbocycles. The van der Waals surface area contributed by atoms with E-state index in [0.29, 0.717) is 31.2 Å². The summed E-state index contributed by atoms with van der Waals surface area (Å²) in [5, 5.41) is 5.32. The molecule has 9 rings (SSSR count). The summed E-state index contributed by atoms with van der Waals surface area (Å²) in [6.45, 7) is 15.8. The average molecular weight is 1270 g/mol. The summed E-state index contributed by atoms with van der Waals surface area (Å²) in [4.78, 5) is 130. The third-order valence-electron chi connectivity index (χ3n) is 16.5. The molecule has 24 heteroatoms. The van der Waals surface area contributed by atoms with Gasteiger partial charge in [0.15, 0.2) is 0 Å². The van der Waals surface area contributed by atoms with Crippen LogP contribution in [0.4, 0.5) is 9.59 Å². The van der Waals surface area contributed by atoms with Gasteiger partial charge in [0.1, 0.15) is 29.8 Å². The molecule has 4 aliphatic rings. The number of methoxy groups -OCH3 is 3. The molecule has 6 atom stereocenters. The van der Waals surface area contributed by atoms with Gasteiger partial charge in [0.05, 0.1) is 95.1 Å². The molecule has 0 bridgehead atoms. The number of allylic oxidation sites excluding steroid dienone is 1. The molecule has 88 heavy (non-hydrogen) atoms. The van der Waals surface area contributed by atoms with Crippen molar-refractivity contribution in [2.45, 2.75) is 111 Å². The number of aromatic amines is 2. The molecule has 0 unspecified atom stereocenters. The molecule has 0 spiro atoms. The number of aromatic nitrogens is 4. The van der Waals surface area contributed by atoms with Gasteiger partial charge in [-0.2, -0.15) is 0 Å². The Morgan fingerprint density at radius 3 is 1.50 bits per heavy atom. The first-order chi connectivity index (χ1) is 42.0. The fraction of sp³-hybridized carbons (Fsp3) is 0.453. The Labute approximate surface area is 521 Å². The number of rotatable bonds is 17. The van der Waals surface area contributed by atoms with Gasteiger partial charge >= 0.3 is 18.2 Å². The van der Waals surface area contributed by atoms with E-state index < -0.39 is 42.2 Å². The van der Waals surface area contributed by atoms with Gasteiger partial charge in [-0.25, -0.2) is 19.6 Å². The number of hydrogen-bond acceptors (Lipinski definition) is 14. The number of nitrogens with zero attached hydrogens (tertiary/aromatic N) is 8. The molecule has 7 amide bonds. The van der Waals surface area contributed by atoms with Gasteiger partial charge in [0.25, 0.3) is 0 Å². The minimum absolute atomic E-state index is 0.0190. The lowest BCUT2D eigenvalue weighted by atomic mass is 9.90. The molecule has 3 fully saturated rings. The molecule has 0 saturated carbocycles. The topological polar surface area (TPSA) is 274 Å². The number of H-pyrrole nitrogens is 2. The van der Waals surface area contributed by atoms with Crippen molar-refractivity contribution in [3.05, 3.63) is 113 Å². The Bertz CT molecular complexity index is 3410. The van der Waals surface area contributed by atoms with Gasteiger partial charge < -0.3 is 59.3 Å². The standard InChI is InChI=1S/C41H51N9O7.C23H28BrN3O4/c1-23(2)34(46-40(54)56-6)38(52)49-18-8-9-32(49)36-42-19-30(44-36)28-14-10-26(11-15-28)27-12-16-29(17-13-27)31-20-43-37(45-31)33-21-48(25(5)51)22-50(33)39(53)35(24(3)4)47-41(55)57-7;1-14(2)18(11-22(29)31-4)23(30)27-13-26(15(3)28)12-21(27)20-10-9-19(25-20)16-5-7-17(24)8-6-16/h10-17,19-20,23-24,32-35H,8-9,18,21-22H2,1-7H3,(H,42,44)(H,43,45)(H,46,54)(H,47,55);5-9,14,18,21H,10-13H2,1-4H3/t32-,33-,34-,35-;18-,21-/m00/s1. The van der Waals surface area contributed by atoms with E-state index in [4.69, 9.17) is 19.2 Å². The van der Waals surface area contributed by atoms with Crippen LogP contribution in [0, 0.1) is 23.7 Å². The van der Waals surface area contributed by atoms with Crippen molar-refractivity contribution in [3.63, 3.8) is 0 Å². The number of ether oxygens (including phenoxy) is 3. The highest BCUT2D eigenvalue weighted by molar-refractivity contribution is 9.10. The van der Waals surface area contributed by atoms with Crippen LogP contribution in [0.2, 0.25) is 0 Å². The van der Waals surface area contributed by atoms with E-state index in [1.54, 1.807) is 36.9 Å². The molecule has 3 saturated heterocycles. The lowest BCUT2D eigenvalue weighted by Crippen LogP contribution is -2.51. The predicted molar refractivity (Wildman–Crippen MR) is 333 cm³/mol. The van der Waals surface area contributed by atoms with Crippen LogP contribution < -0.4 is 10.6 Å². The monoisotopic (exact) mass is 1270 g/mol. The number of aliphatic imine (C=N–C) groups is 1. The van der Waals surface area contributed by atoms with Gasteiger partial charge in [-0.15, -0.1) is 0 Å². The van der Waals surface area contributed by atoms with Gasteiger partial charge in [0, 0.05) is 43.5 Å². The van der Waals surface area contributed by atoms with Gasteiger partial charge in [-0.1, -0.05) is 124 Å². The maximum absolute atomic E-state index is 13.7. The van der Waals surface area contributed by atoms with Crippen molar-refractivity contribution in [2.24, 2.45) is 28.7 Å². The number of amides is 7. The first kappa shape index (κ1) is 65.3. The van der Waals surface area contributed by atoms with E-state index in [1.807, 2.05) is 120 Å². The van der Waals surface area contributed by atoms with Crippen LogP contribution >= 0.6 is 15.9 Å². The Hall–Kier alpha value is -8.67. The largest absolute Gasteiger partial charge is 0.469 e. The number of carbonyl (C=O) groups is 8. The molecule has 5 aromatic rings. The van der Waals surface area contributed by atoms with Crippen LogP contribution in [0.15, 0.2) is 101 Å². The number of alkyl carbamates (subject to hydrolysis) is 2. The lowest BCUT2D eigenvalue weighted by molar-refractivity contribution is -0.148. The van der Waals surface area contributed by atoms with E-state index in [9.17, 15) is 38.4 Å². The normalized spacial score (nSPS) is 18.4. The molecular weight excluding hydrogens is 1190 g/mol. The zero-order chi connectivity index (χ0) is 63.7. The second kappa shape index (κ2) is 28.9. The predicted octanol–water partition coefficient (Wildman–Crippen LogP) is 8.73. The minimum atomic E-state index is -0.845. The molecule has 23 nitrogen and oxygen atoms in total. The molecule has 468 valence electrons. The van der Waals surface area contributed by atoms with Crippen LogP contribution in [-0.2, 0) is 43.0 Å². The van der Waals surface area contributed by atoms with E-state index in [0.717, 1.165) is 67.9 Å². The number of likely N-dealkylation sites (tertiary alicyclic amines) is 1. The van der Waals surface area contributed by atoms with E-state index >= 15 is 0 Å². The Morgan fingerprint density at radius 1 is 0.580 bits per heavy atom. The molecular formula is C64H79BrN12O11. The SMILES string of the molecule is COC(=O)C[C@H](C(=O)N1CN(C(C)=O)C[C@H]1C1=NC(c2ccc(Br)cc2)=CC1)C(C)C.COC(=O)N[C@H](C(=O)N1CCC[C@H]1c1ncc(-c2ccc(-c3ccc(-c4cnc([C@@H]5CN(C(C)=O)CN5C(=O)[C@@H](NC(=O)OC)C(C)C)[nH]4)cc3)cc2)[nH]1)C(C)C. The van der Waals surface area contributed by atoms with Crippen molar-refractivity contribution in [1.29, 1.82) is 0 Å². The number of esters is 1. The van der Waals surface area contributed by atoms with Crippen LogP contribution in [-0.4, -0.2) is 170 Å². The molecule has 4 aliphatic heterocycles. The third-order valence-corrected chi connectivity index (χ3v) is 17.1. The van der Waals surface area contributed by atoms with Gasteiger partial charge in [-0.05, 0) is 70.5 Å².